The fourth-order valence-corrected chi connectivity index (χ4v) is 2.61. The van der Waals surface area contributed by atoms with Crippen molar-refractivity contribution in [1.82, 2.24) is 9.78 Å². The molecule has 96 valence electrons. The van der Waals surface area contributed by atoms with E-state index in [1.807, 2.05) is 11.6 Å². The van der Waals surface area contributed by atoms with E-state index in [0.717, 1.165) is 41.8 Å². The Labute approximate surface area is 111 Å². The van der Waals surface area contributed by atoms with Gasteiger partial charge in [0.15, 0.2) is 0 Å². The average molecular weight is 302 g/mol. The smallest absolute Gasteiger partial charge is 0.0900 e. The molecule has 1 aromatic rings. The Morgan fingerprint density at radius 1 is 1.53 bits per heavy atom. The molecule has 5 heteroatoms. The number of halogens is 1. The summed E-state index contributed by atoms with van der Waals surface area (Å²) in [7, 11) is 0. The second-order valence-corrected chi connectivity index (χ2v) is 5.46. The maximum absolute atomic E-state index is 5.89. The summed E-state index contributed by atoms with van der Waals surface area (Å²) < 4.78 is 8.96. The first kappa shape index (κ1) is 13.1. The lowest BCUT2D eigenvalue weighted by molar-refractivity contribution is -0.0401. The first-order valence-corrected chi connectivity index (χ1v) is 6.98. The molecule has 4 nitrogen and oxygen atoms in total. The van der Waals surface area contributed by atoms with Crippen LogP contribution in [0.5, 0.6) is 0 Å². The molecule has 0 unspecified atom stereocenters. The van der Waals surface area contributed by atoms with Crippen molar-refractivity contribution in [1.29, 1.82) is 0 Å². The van der Waals surface area contributed by atoms with Gasteiger partial charge in [-0.25, -0.2) is 0 Å². The molecule has 0 saturated heterocycles. The van der Waals surface area contributed by atoms with E-state index in [-0.39, 0.29) is 0 Å². The van der Waals surface area contributed by atoms with Gasteiger partial charge in [-0.3, -0.25) is 4.68 Å². The van der Waals surface area contributed by atoms with Crippen LogP contribution in [0.25, 0.3) is 0 Å². The monoisotopic (exact) mass is 301 g/mol. The molecule has 1 aromatic heterocycles. The highest BCUT2D eigenvalue weighted by Gasteiger charge is 2.29. The molecule has 2 N–H and O–H groups in total. The van der Waals surface area contributed by atoms with Crippen molar-refractivity contribution in [3.8, 4) is 0 Å². The van der Waals surface area contributed by atoms with Gasteiger partial charge in [-0.2, -0.15) is 5.10 Å². The number of nitrogens with two attached hydrogens (primary N) is 1. The summed E-state index contributed by atoms with van der Waals surface area (Å²) >= 11 is 3.57. The zero-order chi connectivity index (χ0) is 12.4. The second kappa shape index (κ2) is 5.50. The molecule has 0 bridgehead atoms. The minimum atomic E-state index is 0.385. The molecule has 0 aliphatic heterocycles. The van der Waals surface area contributed by atoms with Gasteiger partial charge in [0, 0.05) is 6.54 Å². The van der Waals surface area contributed by atoms with E-state index in [1.165, 1.54) is 0 Å². The van der Waals surface area contributed by atoms with Crippen molar-refractivity contribution in [3.05, 3.63) is 15.9 Å². The number of nitrogens with zero attached hydrogens (tertiary/aromatic N) is 2. The predicted molar refractivity (Wildman–Crippen MR) is 70.7 cm³/mol. The molecule has 0 aromatic carbocycles. The molecular formula is C12H20BrN3O. The largest absolute Gasteiger partial charge is 0.372 e. The van der Waals surface area contributed by atoms with E-state index in [2.05, 4.69) is 28.0 Å². The highest BCUT2D eigenvalue weighted by atomic mass is 79.9. The minimum Gasteiger partial charge on any atom is -0.372 e. The van der Waals surface area contributed by atoms with E-state index >= 15 is 0 Å². The van der Waals surface area contributed by atoms with Crippen LogP contribution in [-0.2, 0) is 17.9 Å². The lowest BCUT2D eigenvalue weighted by atomic mass is 9.82. The van der Waals surface area contributed by atoms with Crippen molar-refractivity contribution in [2.75, 3.05) is 6.54 Å². The summed E-state index contributed by atoms with van der Waals surface area (Å²) in [6.45, 7) is 6.40. The lowest BCUT2D eigenvalue weighted by Gasteiger charge is -2.34. The normalized spacial score (nSPS) is 23.8. The second-order valence-electron chi connectivity index (χ2n) is 4.67. The number of aromatic nitrogens is 2. The third kappa shape index (κ3) is 2.72. The topological polar surface area (TPSA) is 53.1 Å². The Morgan fingerprint density at radius 2 is 2.24 bits per heavy atom. The van der Waals surface area contributed by atoms with Crippen molar-refractivity contribution in [2.45, 2.75) is 45.9 Å². The zero-order valence-corrected chi connectivity index (χ0v) is 12.0. The Morgan fingerprint density at radius 3 is 2.82 bits per heavy atom. The Kier molecular flexibility index (Phi) is 4.22. The molecule has 17 heavy (non-hydrogen) atoms. The van der Waals surface area contributed by atoms with Gasteiger partial charge >= 0.3 is 0 Å². The number of aryl methyl sites for hydroxylation is 2. The van der Waals surface area contributed by atoms with Crippen LogP contribution in [0.15, 0.2) is 4.47 Å². The number of hydrogen-bond donors (Lipinski definition) is 1. The van der Waals surface area contributed by atoms with Crippen molar-refractivity contribution < 1.29 is 4.74 Å². The molecule has 1 aliphatic rings. The summed E-state index contributed by atoms with van der Waals surface area (Å²) in [5.74, 6) is 0.668. The summed E-state index contributed by atoms with van der Waals surface area (Å²) in [6.07, 6.45) is 2.59. The third-order valence-electron chi connectivity index (χ3n) is 3.43. The highest BCUT2D eigenvalue weighted by molar-refractivity contribution is 9.10. The number of ether oxygens (including phenoxy) is 1. The van der Waals surface area contributed by atoms with Gasteiger partial charge in [0.05, 0.1) is 28.6 Å². The molecule has 0 amide bonds. The van der Waals surface area contributed by atoms with Gasteiger partial charge in [0.1, 0.15) is 0 Å². The Bertz CT molecular complexity index is 385. The van der Waals surface area contributed by atoms with Gasteiger partial charge in [-0.15, -0.1) is 0 Å². The van der Waals surface area contributed by atoms with Gasteiger partial charge in [0.25, 0.3) is 0 Å². The van der Waals surface area contributed by atoms with E-state index < -0.39 is 0 Å². The van der Waals surface area contributed by atoms with Crippen molar-refractivity contribution >= 4 is 15.9 Å². The average Bonchev–Trinajstić information content (AvgIpc) is 2.54. The van der Waals surface area contributed by atoms with Crippen LogP contribution < -0.4 is 5.73 Å². The summed E-state index contributed by atoms with van der Waals surface area (Å²) in [5, 5.41) is 4.45. The minimum absolute atomic E-state index is 0.385. The number of hydrogen-bond acceptors (Lipinski definition) is 3. The molecule has 1 aliphatic carbocycles. The molecule has 1 heterocycles. The highest BCUT2D eigenvalue weighted by Crippen LogP contribution is 2.30. The van der Waals surface area contributed by atoms with E-state index in [4.69, 9.17) is 10.5 Å². The molecule has 0 radical (unpaired) electrons. The van der Waals surface area contributed by atoms with E-state index in [9.17, 15) is 0 Å². The van der Waals surface area contributed by atoms with Crippen LogP contribution in [0, 0.1) is 12.8 Å². The van der Waals surface area contributed by atoms with Gasteiger partial charge in [-0.05, 0) is 55.1 Å². The fourth-order valence-electron chi connectivity index (χ4n) is 2.21. The SMILES string of the molecule is CCn1nc(C)c(Br)c1COC1CC(CN)C1. The fraction of sp³-hybridized carbons (Fsp3) is 0.750. The molecule has 1 saturated carbocycles. The number of rotatable bonds is 5. The molecule has 0 spiro atoms. The van der Waals surface area contributed by atoms with Gasteiger partial charge in [0.2, 0.25) is 0 Å². The van der Waals surface area contributed by atoms with Crippen LogP contribution in [0.2, 0.25) is 0 Å². The standard InChI is InChI=1S/C12H20BrN3O/c1-3-16-11(12(13)8(2)15-16)7-17-10-4-9(5-10)6-14/h9-10H,3-7,14H2,1-2H3. The lowest BCUT2D eigenvalue weighted by Crippen LogP contribution is -2.35. The Balaban J connectivity index is 1.91. The summed E-state index contributed by atoms with van der Waals surface area (Å²) in [6, 6.07) is 0. The first-order valence-electron chi connectivity index (χ1n) is 6.19. The molecule has 2 rings (SSSR count). The van der Waals surface area contributed by atoms with E-state index in [1.54, 1.807) is 0 Å². The summed E-state index contributed by atoms with van der Waals surface area (Å²) in [5.41, 5.74) is 7.77. The zero-order valence-electron chi connectivity index (χ0n) is 10.4. The van der Waals surface area contributed by atoms with Crippen LogP contribution >= 0.6 is 15.9 Å². The molecular weight excluding hydrogens is 282 g/mol. The van der Waals surface area contributed by atoms with Crippen LogP contribution in [-0.4, -0.2) is 22.4 Å². The maximum atomic E-state index is 5.89. The van der Waals surface area contributed by atoms with Gasteiger partial charge < -0.3 is 10.5 Å². The van der Waals surface area contributed by atoms with Crippen molar-refractivity contribution in [3.63, 3.8) is 0 Å². The van der Waals surface area contributed by atoms with Crippen LogP contribution in [0.1, 0.15) is 31.2 Å². The summed E-state index contributed by atoms with van der Waals surface area (Å²) in [4.78, 5) is 0. The third-order valence-corrected chi connectivity index (χ3v) is 4.47. The quantitative estimate of drug-likeness (QED) is 0.907. The van der Waals surface area contributed by atoms with Crippen molar-refractivity contribution in [2.24, 2.45) is 11.7 Å². The van der Waals surface area contributed by atoms with Crippen LogP contribution in [0.3, 0.4) is 0 Å². The predicted octanol–water partition coefficient (Wildman–Crippen LogP) is 2.23. The Hall–Kier alpha value is -0.390. The molecule has 1 fully saturated rings. The van der Waals surface area contributed by atoms with E-state index in [0.29, 0.717) is 18.6 Å². The van der Waals surface area contributed by atoms with Crippen LogP contribution in [0.4, 0.5) is 0 Å². The molecule has 0 atom stereocenters. The maximum Gasteiger partial charge on any atom is 0.0900 e. The first-order chi connectivity index (χ1) is 8.15. The van der Waals surface area contributed by atoms with Gasteiger partial charge in [-0.1, -0.05) is 0 Å².